The van der Waals surface area contributed by atoms with Crippen molar-refractivity contribution in [3.63, 3.8) is 0 Å². The molecule has 0 aliphatic carbocycles. The van der Waals surface area contributed by atoms with Gasteiger partial charge in [0.1, 0.15) is 0 Å². The van der Waals surface area contributed by atoms with Gasteiger partial charge in [0.05, 0.1) is 15.2 Å². The summed E-state index contributed by atoms with van der Waals surface area (Å²) in [5.41, 5.74) is 2.91. The molecule has 0 aromatic heterocycles. The van der Waals surface area contributed by atoms with E-state index in [1.165, 1.54) is 29.0 Å². The van der Waals surface area contributed by atoms with Gasteiger partial charge >= 0.3 is 0 Å². The molecule has 0 fully saturated rings. The van der Waals surface area contributed by atoms with Gasteiger partial charge in [-0.25, -0.2) is 5.06 Å². The predicted molar refractivity (Wildman–Crippen MR) is 113 cm³/mol. The van der Waals surface area contributed by atoms with Crippen molar-refractivity contribution in [1.82, 2.24) is 5.06 Å². The minimum atomic E-state index is -1.91. The molecule has 0 saturated heterocycles. The molecule has 0 unspecified atom stereocenters. The number of hydrogen-bond donors (Lipinski definition) is 0. The number of amides is 1. The number of hydroxylamine groups is 2. The largest absolute Gasteiger partial charge is 0.283 e. The van der Waals surface area contributed by atoms with Crippen molar-refractivity contribution in [1.29, 1.82) is 0 Å². The van der Waals surface area contributed by atoms with E-state index in [1.807, 2.05) is 6.07 Å². The summed E-state index contributed by atoms with van der Waals surface area (Å²) in [6, 6.07) is 10.5. The monoisotopic (exact) mass is 475 g/mol. The zero-order valence-electron chi connectivity index (χ0n) is 17.9. The Morgan fingerprint density at radius 1 is 1.04 bits per heavy atom. The van der Waals surface area contributed by atoms with E-state index in [0.29, 0.717) is 16.6 Å². The maximum atomic E-state index is 12.0. The van der Waals surface area contributed by atoms with Crippen molar-refractivity contribution < 1.29 is 29.1 Å². The van der Waals surface area contributed by atoms with Crippen LogP contribution < -0.4 is 0 Å². The average molecular weight is 476 g/mol. The van der Waals surface area contributed by atoms with E-state index in [1.54, 1.807) is 13.1 Å². The quantitative estimate of drug-likeness (QED) is 0.160. The molecule has 1 rings (SSSR count). The first-order valence-electron chi connectivity index (χ1n) is 9.37. The first-order valence-corrected chi connectivity index (χ1v) is 11.6. The third kappa shape index (κ3) is 5.97. The van der Waals surface area contributed by atoms with Gasteiger partial charge in [-0.3, -0.25) is 9.63 Å². The molecule has 1 radical (unpaired) electrons. The van der Waals surface area contributed by atoms with E-state index in [-0.39, 0.29) is 25.4 Å². The van der Waals surface area contributed by atoms with Gasteiger partial charge in [-0.15, -0.1) is 17.7 Å². The van der Waals surface area contributed by atoms with E-state index in [9.17, 15) is 4.79 Å². The SMILES string of the molecule is CON(C)C(=O)/C=C/[C-]=C(c1ccccc1)[Si](C(C)C)(C(C)C)C(C)C.[Rh]. The van der Waals surface area contributed by atoms with E-state index in [2.05, 4.69) is 71.9 Å². The summed E-state index contributed by atoms with van der Waals surface area (Å²) in [5.74, 6) is -0.196. The molecule has 27 heavy (non-hydrogen) atoms. The molecule has 1 aromatic rings. The Kier molecular flexibility index (Phi) is 11.3. The molecule has 5 heteroatoms. The maximum absolute atomic E-state index is 12.0. The van der Waals surface area contributed by atoms with E-state index >= 15 is 0 Å². The fourth-order valence-corrected chi connectivity index (χ4v) is 11.1. The van der Waals surface area contributed by atoms with Gasteiger partial charge in [0.2, 0.25) is 5.91 Å². The summed E-state index contributed by atoms with van der Waals surface area (Å²) in [7, 11) is 1.17. The van der Waals surface area contributed by atoms with Gasteiger partial charge in [-0.1, -0.05) is 65.8 Å². The van der Waals surface area contributed by atoms with Gasteiger partial charge in [0.25, 0.3) is 0 Å². The minimum absolute atomic E-state index is 0. The van der Waals surface area contributed by atoms with Crippen LogP contribution in [0.25, 0.3) is 5.20 Å². The van der Waals surface area contributed by atoms with Crippen LogP contribution in [0.15, 0.2) is 42.5 Å². The van der Waals surface area contributed by atoms with Crippen LogP contribution in [-0.4, -0.2) is 33.2 Å². The molecule has 0 saturated carbocycles. The van der Waals surface area contributed by atoms with Crippen LogP contribution in [0.2, 0.25) is 16.6 Å². The standard InChI is InChI=1S/C22H34NO2Si.Rh/c1-17(2)26(18(3)4,19(5)6)21(20-13-10-9-11-14-20)15-12-16-22(24)23(7)25-8;/h9-14,16-19H,1-8H3;/q-1;/b16-12+;. The molecule has 0 spiro atoms. The van der Waals surface area contributed by atoms with Crippen molar-refractivity contribution in [2.75, 3.05) is 14.2 Å². The average Bonchev–Trinajstić information content (AvgIpc) is 2.59. The number of rotatable bonds is 8. The number of allylic oxidation sites excluding steroid dienone is 2. The van der Waals surface area contributed by atoms with Gasteiger partial charge in [0, 0.05) is 26.5 Å². The number of nitrogens with zero attached hydrogens (tertiary/aromatic N) is 1. The van der Waals surface area contributed by atoms with E-state index in [4.69, 9.17) is 4.84 Å². The zero-order valence-corrected chi connectivity index (χ0v) is 20.5. The summed E-state index contributed by atoms with van der Waals surface area (Å²) in [5, 5.41) is 2.50. The molecule has 0 aliphatic heterocycles. The van der Waals surface area contributed by atoms with Crippen LogP contribution in [-0.2, 0) is 29.1 Å². The summed E-state index contributed by atoms with van der Waals surface area (Å²) >= 11 is 0. The number of carbonyl (C=O) groups excluding carboxylic acids is 1. The van der Waals surface area contributed by atoms with Crippen molar-refractivity contribution >= 4 is 19.2 Å². The Morgan fingerprint density at radius 3 is 1.93 bits per heavy atom. The Morgan fingerprint density at radius 2 is 1.52 bits per heavy atom. The fraction of sp³-hybridized carbons (Fsp3) is 0.500. The van der Waals surface area contributed by atoms with Crippen LogP contribution in [0, 0.1) is 6.08 Å². The van der Waals surface area contributed by atoms with Gasteiger partial charge in [0.15, 0.2) is 0 Å². The van der Waals surface area contributed by atoms with Crippen LogP contribution in [0.3, 0.4) is 0 Å². The number of carbonyl (C=O) groups is 1. The third-order valence-corrected chi connectivity index (χ3v) is 12.4. The first-order chi connectivity index (χ1) is 12.2. The molecule has 0 heterocycles. The summed E-state index contributed by atoms with van der Waals surface area (Å²) in [4.78, 5) is 17.0. The predicted octanol–water partition coefficient (Wildman–Crippen LogP) is 5.66. The van der Waals surface area contributed by atoms with Crippen molar-refractivity contribution in [3.8, 4) is 0 Å². The van der Waals surface area contributed by atoms with Gasteiger partial charge in [-0.05, 0) is 16.6 Å². The van der Waals surface area contributed by atoms with Crippen LogP contribution in [0.1, 0.15) is 47.1 Å². The van der Waals surface area contributed by atoms with Crippen molar-refractivity contribution in [3.05, 3.63) is 54.1 Å². The fourth-order valence-electron chi connectivity index (χ4n) is 4.32. The molecule has 0 N–H and O–H groups in total. The topological polar surface area (TPSA) is 29.5 Å². The molecule has 3 nitrogen and oxygen atoms in total. The van der Waals surface area contributed by atoms with Gasteiger partial charge < -0.3 is 0 Å². The first kappa shape index (κ1) is 26.0. The number of benzene rings is 1. The van der Waals surface area contributed by atoms with E-state index in [0.717, 1.165) is 0 Å². The number of likely N-dealkylation sites (N-methyl/N-ethyl adjacent to an activating group) is 1. The zero-order chi connectivity index (χ0) is 19.9. The molecule has 1 amide bonds. The second kappa shape index (κ2) is 11.7. The van der Waals surface area contributed by atoms with Gasteiger partial charge in [-0.2, -0.15) is 17.3 Å². The summed E-state index contributed by atoms with van der Waals surface area (Å²) in [6.45, 7) is 14.0. The Hall–Kier alpha value is -1.03. The van der Waals surface area contributed by atoms with Crippen LogP contribution >= 0.6 is 0 Å². The number of hydrogen-bond acceptors (Lipinski definition) is 2. The maximum Gasteiger partial charge on any atom is 0.215 e. The normalized spacial score (nSPS) is 12.8. The molecular weight excluding hydrogens is 441 g/mol. The smallest absolute Gasteiger partial charge is 0.215 e. The second-order valence-electron chi connectivity index (χ2n) is 7.63. The third-order valence-electron chi connectivity index (χ3n) is 5.40. The molecule has 1 aromatic carbocycles. The summed E-state index contributed by atoms with van der Waals surface area (Å²) < 4.78 is 0. The Labute approximate surface area is 179 Å². The molecule has 0 aliphatic rings. The minimum Gasteiger partial charge on any atom is -0.283 e. The molecule has 153 valence electrons. The Balaban J connectivity index is 0.00000676. The molecule has 0 bridgehead atoms. The Bertz CT molecular complexity index is 617. The van der Waals surface area contributed by atoms with Crippen LogP contribution in [0.5, 0.6) is 0 Å². The molecule has 0 atom stereocenters. The van der Waals surface area contributed by atoms with E-state index < -0.39 is 8.07 Å². The summed E-state index contributed by atoms with van der Waals surface area (Å²) in [6.07, 6.45) is 6.81. The van der Waals surface area contributed by atoms with Crippen molar-refractivity contribution in [2.45, 2.75) is 58.2 Å². The second-order valence-corrected chi connectivity index (χ2v) is 13.5. The molecular formula is C22H34NO2RhSi-. The van der Waals surface area contributed by atoms with Crippen molar-refractivity contribution in [2.24, 2.45) is 0 Å². The van der Waals surface area contributed by atoms with Crippen LogP contribution in [0.4, 0.5) is 0 Å².